The van der Waals surface area contributed by atoms with Gasteiger partial charge in [-0.25, -0.2) is 0 Å². The Morgan fingerprint density at radius 1 is 1.38 bits per heavy atom. The Labute approximate surface area is 125 Å². The van der Waals surface area contributed by atoms with E-state index < -0.39 is 0 Å². The van der Waals surface area contributed by atoms with Crippen molar-refractivity contribution in [3.05, 3.63) is 36.0 Å². The zero-order valence-corrected chi connectivity index (χ0v) is 12.5. The van der Waals surface area contributed by atoms with Crippen LogP contribution < -0.4 is 5.73 Å². The van der Waals surface area contributed by atoms with Crippen LogP contribution in [0.1, 0.15) is 44.2 Å². The summed E-state index contributed by atoms with van der Waals surface area (Å²) in [6.07, 6.45) is 5.47. The Morgan fingerprint density at radius 2 is 2.19 bits per heavy atom. The highest BCUT2D eigenvalue weighted by Crippen LogP contribution is 2.35. The number of nitrogens with two attached hydrogens (primary N) is 1. The predicted octanol–water partition coefficient (Wildman–Crippen LogP) is 2.96. The number of carbonyl (C=O) groups is 1. The third-order valence-electron chi connectivity index (χ3n) is 4.45. The van der Waals surface area contributed by atoms with Crippen LogP contribution in [0, 0.1) is 0 Å². The first kappa shape index (κ1) is 14.1. The molecule has 0 aliphatic carbocycles. The molecule has 4 heteroatoms. The van der Waals surface area contributed by atoms with Gasteiger partial charge in [-0.1, -0.05) is 31.5 Å². The van der Waals surface area contributed by atoms with E-state index in [0.717, 1.165) is 36.9 Å². The van der Waals surface area contributed by atoms with Gasteiger partial charge in [0.05, 0.1) is 6.04 Å². The molecule has 2 unspecified atom stereocenters. The molecule has 3 N–H and O–H groups in total. The molecule has 0 spiro atoms. The van der Waals surface area contributed by atoms with Crippen LogP contribution in [0.15, 0.2) is 30.5 Å². The molecule has 1 fully saturated rings. The largest absolute Gasteiger partial charge is 0.361 e. The lowest BCUT2D eigenvalue weighted by molar-refractivity contribution is -0.137. The standard InChI is InChI=1S/C17H23N3O/c1-2-3-10-20-16(21)9-8-14(18)17(20)13-11-19-15-7-5-4-6-12(13)15/h4-7,11,14,17,19H,2-3,8-10,18H2,1H3. The van der Waals surface area contributed by atoms with Crippen molar-refractivity contribution in [1.82, 2.24) is 9.88 Å². The Hall–Kier alpha value is -1.81. The predicted molar refractivity (Wildman–Crippen MR) is 84.9 cm³/mol. The number of amides is 1. The summed E-state index contributed by atoms with van der Waals surface area (Å²) < 4.78 is 0. The molecule has 1 amide bonds. The van der Waals surface area contributed by atoms with Gasteiger partial charge in [0.1, 0.15) is 0 Å². The molecule has 112 valence electrons. The Bertz CT molecular complexity index is 634. The molecular formula is C17H23N3O. The summed E-state index contributed by atoms with van der Waals surface area (Å²) in [5, 5.41) is 1.18. The van der Waals surface area contributed by atoms with Gasteiger partial charge in [0.25, 0.3) is 0 Å². The number of unbranched alkanes of at least 4 members (excludes halogenated alkanes) is 1. The first-order chi connectivity index (χ1) is 10.2. The summed E-state index contributed by atoms with van der Waals surface area (Å²) >= 11 is 0. The lowest BCUT2D eigenvalue weighted by Crippen LogP contribution is -2.49. The van der Waals surface area contributed by atoms with Crippen molar-refractivity contribution < 1.29 is 4.79 Å². The van der Waals surface area contributed by atoms with Gasteiger partial charge in [-0.2, -0.15) is 0 Å². The maximum atomic E-state index is 12.3. The first-order valence-corrected chi connectivity index (χ1v) is 7.83. The maximum Gasteiger partial charge on any atom is 0.223 e. The minimum absolute atomic E-state index is 0.00560. The van der Waals surface area contributed by atoms with E-state index in [-0.39, 0.29) is 18.0 Å². The molecule has 0 radical (unpaired) electrons. The highest BCUT2D eigenvalue weighted by atomic mass is 16.2. The normalized spacial score (nSPS) is 23.0. The number of rotatable bonds is 4. The van der Waals surface area contributed by atoms with Crippen molar-refractivity contribution in [1.29, 1.82) is 0 Å². The minimum Gasteiger partial charge on any atom is -0.361 e. The van der Waals surface area contributed by atoms with Gasteiger partial charge >= 0.3 is 0 Å². The lowest BCUT2D eigenvalue weighted by Gasteiger charge is -2.39. The summed E-state index contributed by atoms with van der Waals surface area (Å²) in [5.74, 6) is 0.237. The topological polar surface area (TPSA) is 62.1 Å². The number of aromatic nitrogens is 1. The summed E-state index contributed by atoms with van der Waals surface area (Å²) in [5.41, 5.74) is 8.64. The summed E-state index contributed by atoms with van der Waals surface area (Å²) in [7, 11) is 0. The summed E-state index contributed by atoms with van der Waals surface area (Å²) in [6, 6.07) is 8.22. The number of aromatic amines is 1. The number of nitrogens with zero attached hydrogens (tertiary/aromatic N) is 1. The highest BCUT2D eigenvalue weighted by Gasteiger charge is 2.35. The van der Waals surface area contributed by atoms with Crippen molar-refractivity contribution in [2.45, 2.75) is 44.7 Å². The van der Waals surface area contributed by atoms with Crippen LogP contribution in [0.25, 0.3) is 10.9 Å². The number of fused-ring (bicyclic) bond motifs is 1. The molecule has 4 nitrogen and oxygen atoms in total. The lowest BCUT2D eigenvalue weighted by atomic mass is 9.90. The highest BCUT2D eigenvalue weighted by molar-refractivity contribution is 5.85. The van der Waals surface area contributed by atoms with Gasteiger partial charge in [0, 0.05) is 41.7 Å². The van der Waals surface area contributed by atoms with Crippen LogP contribution in [0.3, 0.4) is 0 Å². The summed E-state index contributed by atoms with van der Waals surface area (Å²) in [4.78, 5) is 17.6. The quantitative estimate of drug-likeness (QED) is 0.907. The smallest absolute Gasteiger partial charge is 0.223 e. The number of likely N-dealkylation sites (tertiary alicyclic amines) is 1. The van der Waals surface area contributed by atoms with Crippen LogP contribution in [-0.2, 0) is 4.79 Å². The number of hydrogen-bond donors (Lipinski definition) is 2. The molecule has 2 aromatic rings. The number of piperidine rings is 1. The first-order valence-electron chi connectivity index (χ1n) is 7.83. The minimum atomic E-state index is -0.00560. The van der Waals surface area contributed by atoms with Gasteiger partial charge < -0.3 is 15.6 Å². The van der Waals surface area contributed by atoms with Gasteiger partial charge in [-0.05, 0) is 18.9 Å². The molecule has 0 saturated carbocycles. The fraction of sp³-hybridized carbons (Fsp3) is 0.471. The molecule has 1 aromatic carbocycles. The van der Waals surface area contributed by atoms with Crippen LogP contribution in [-0.4, -0.2) is 28.4 Å². The van der Waals surface area contributed by atoms with Crippen LogP contribution in [0.5, 0.6) is 0 Å². The number of H-pyrrole nitrogens is 1. The molecular weight excluding hydrogens is 262 g/mol. The second-order valence-corrected chi connectivity index (χ2v) is 5.88. The number of para-hydroxylation sites is 1. The monoisotopic (exact) mass is 285 g/mol. The molecule has 2 atom stereocenters. The molecule has 0 bridgehead atoms. The average Bonchev–Trinajstić information content (AvgIpc) is 2.92. The van der Waals surface area contributed by atoms with Crippen molar-refractivity contribution in [3.8, 4) is 0 Å². The SMILES string of the molecule is CCCCN1C(=O)CCC(N)C1c1c[nH]c2ccccc12. The average molecular weight is 285 g/mol. The van der Waals surface area contributed by atoms with Crippen LogP contribution in [0.4, 0.5) is 0 Å². The molecule has 1 saturated heterocycles. The fourth-order valence-corrected chi connectivity index (χ4v) is 3.31. The molecule has 1 aliphatic heterocycles. The number of benzene rings is 1. The van der Waals surface area contributed by atoms with E-state index in [4.69, 9.17) is 5.73 Å². The molecule has 21 heavy (non-hydrogen) atoms. The van der Waals surface area contributed by atoms with Crippen molar-refractivity contribution in [3.63, 3.8) is 0 Å². The zero-order valence-electron chi connectivity index (χ0n) is 12.5. The number of nitrogens with one attached hydrogen (secondary N) is 1. The van der Waals surface area contributed by atoms with Crippen molar-refractivity contribution in [2.24, 2.45) is 5.73 Å². The van der Waals surface area contributed by atoms with E-state index in [1.165, 1.54) is 5.39 Å². The second-order valence-electron chi connectivity index (χ2n) is 5.88. The third kappa shape index (κ3) is 2.56. The van der Waals surface area contributed by atoms with E-state index in [9.17, 15) is 4.79 Å². The molecule has 1 aliphatic rings. The number of carbonyl (C=O) groups excluding carboxylic acids is 1. The Morgan fingerprint density at radius 3 is 3.00 bits per heavy atom. The van der Waals surface area contributed by atoms with E-state index in [0.29, 0.717) is 6.42 Å². The van der Waals surface area contributed by atoms with E-state index in [1.807, 2.05) is 23.2 Å². The maximum absolute atomic E-state index is 12.3. The van der Waals surface area contributed by atoms with Crippen LogP contribution in [0.2, 0.25) is 0 Å². The van der Waals surface area contributed by atoms with Gasteiger partial charge in [0.15, 0.2) is 0 Å². The zero-order chi connectivity index (χ0) is 14.8. The van der Waals surface area contributed by atoms with E-state index in [2.05, 4.69) is 24.0 Å². The Kier molecular flexibility index (Phi) is 3.97. The van der Waals surface area contributed by atoms with E-state index >= 15 is 0 Å². The van der Waals surface area contributed by atoms with Gasteiger partial charge in [-0.3, -0.25) is 4.79 Å². The van der Waals surface area contributed by atoms with Crippen LogP contribution >= 0.6 is 0 Å². The summed E-state index contributed by atoms with van der Waals surface area (Å²) in [6.45, 7) is 2.95. The van der Waals surface area contributed by atoms with Crippen molar-refractivity contribution >= 4 is 16.8 Å². The van der Waals surface area contributed by atoms with E-state index in [1.54, 1.807) is 0 Å². The third-order valence-corrected chi connectivity index (χ3v) is 4.45. The fourth-order valence-electron chi connectivity index (χ4n) is 3.31. The Balaban J connectivity index is 2.00. The van der Waals surface area contributed by atoms with Crippen molar-refractivity contribution in [2.75, 3.05) is 6.54 Å². The number of hydrogen-bond acceptors (Lipinski definition) is 2. The molecule has 3 rings (SSSR count). The second kappa shape index (κ2) is 5.90. The molecule has 1 aromatic heterocycles. The van der Waals surface area contributed by atoms with Gasteiger partial charge in [0.2, 0.25) is 5.91 Å². The molecule has 2 heterocycles. The van der Waals surface area contributed by atoms with Gasteiger partial charge in [-0.15, -0.1) is 0 Å².